The highest BCUT2D eigenvalue weighted by atomic mass is 79.9. The number of alkyl halides is 3. The zero-order chi connectivity index (χ0) is 14.1. The number of benzene rings is 1. The van der Waals surface area contributed by atoms with Crippen LogP contribution in [0.5, 0.6) is 5.75 Å². The van der Waals surface area contributed by atoms with Crippen LogP contribution in [-0.2, 0) is 9.05 Å². The van der Waals surface area contributed by atoms with Crippen LogP contribution in [0, 0.1) is 11.3 Å². The lowest BCUT2D eigenvalue weighted by Gasteiger charge is -2.11. The highest BCUT2D eigenvalue weighted by molar-refractivity contribution is 9.10. The Bertz CT molecular complexity index is 624. The fourth-order valence-corrected chi connectivity index (χ4v) is 2.61. The van der Waals surface area contributed by atoms with Gasteiger partial charge in [0.05, 0.1) is 10.0 Å². The van der Waals surface area contributed by atoms with Crippen molar-refractivity contribution >= 4 is 35.7 Å². The average Bonchev–Trinajstić information content (AvgIpc) is 2.17. The molecule has 0 amide bonds. The first kappa shape index (κ1) is 15.1. The maximum Gasteiger partial charge on any atom is 0.573 e. The molecule has 0 aliphatic carbocycles. The largest absolute Gasteiger partial charge is 0.573 e. The first-order chi connectivity index (χ1) is 8.04. The molecular weight excluding hydrogens is 363 g/mol. The van der Waals surface area contributed by atoms with Gasteiger partial charge >= 0.3 is 6.36 Å². The zero-order valence-electron chi connectivity index (χ0n) is 8.12. The van der Waals surface area contributed by atoms with Crippen molar-refractivity contribution in [3.8, 4) is 11.8 Å². The third-order valence-electron chi connectivity index (χ3n) is 1.64. The van der Waals surface area contributed by atoms with E-state index in [1.54, 1.807) is 0 Å². The second kappa shape index (κ2) is 4.95. The highest BCUT2D eigenvalue weighted by Crippen LogP contribution is 2.35. The molecule has 18 heavy (non-hydrogen) atoms. The van der Waals surface area contributed by atoms with Crippen molar-refractivity contribution in [1.82, 2.24) is 0 Å². The minimum Gasteiger partial charge on any atom is -0.405 e. The van der Waals surface area contributed by atoms with Gasteiger partial charge in [-0.15, -0.1) is 13.2 Å². The molecule has 1 rings (SSSR count). The van der Waals surface area contributed by atoms with E-state index < -0.39 is 31.6 Å². The number of hydrogen-bond donors (Lipinski definition) is 0. The van der Waals surface area contributed by atoms with Crippen molar-refractivity contribution in [3.05, 3.63) is 22.2 Å². The average molecular weight is 365 g/mol. The van der Waals surface area contributed by atoms with Gasteiger partial charge in [-0.25, -0.2) is 8.42 Å². The molecule has 0 radical (unpaired) electrons. The first-order valence-electron chi connectivity index (χ1n) is 3.98. The summed E-state index contributed by atoms with van der Waals surface area (Å²) in [5.74, 6) is -0.733. The normalized spacial score (nSPS) is 12.0. The Morgan fingerprint density at radius 1 is 1.39 bits per heavy atom. The molecule has 4 nitrogen and oxygen atoms in total. The summed E-state index contributed by atoms with van der Waals surface area (Å²) in [5.41, 5.74) is -0.549. The van der Waals surface area contributed by atoms with Gasteiger partial charge in [-0.05, 0) is 22.0 Å². The van der Waals surface area contributed by atoms with E-state index in [2.05, 4.69) is 20.7 Å². The van der Waals surface area contributed by atoms with Gasteiger partial charge in [-0.3, -0.25) is 0 Å². The summed E-state index contributed by atoms with van der Waals surface area (Å²) in [6.07, 6.45) is -4.96. The van der Waals surface area contributed by atoms with Gasteiger partial charge in [0, 0.05) is 16.7 Å². The SMILES string of the molecule is N#Cc1cc(OC(F)(F)F)c(Br)cc1S(=O)(=O)Cl. The number of nitrogens with zero attached hydrogens (tertiary/aromatic N) is 1. The van der Waals surface area contributed by atoms with E-state index in [9.17, 15) is 21.6 Å². The number of halogens is 5. The van der Waals surface area contributed by atoms with Crippen LogP contribution in [0.2, 0.25) is 0 Å². The molecule has 0 aliphatic heterocycles. The van der Waals surface area contributed by atoms with Gasteiger partial charge in [-0.1, -0.05) is 0 Å². The first-order valence-corrected chi connectivity index (χ1v) is 7.09. The van der Waals surface area contributed by atoms with Gasteiger partial charge in [0.25, 0.3) is 9.05 Å². The van der Waals surface area contributed by atoms with Crippen LogP contribution in [0.1, 0.15) is 5.56 Å². The minimum atomic E-state index is -4.96. The maximum absolute atomic E-state index is 12.0. The fraction of sp³-hybridized carbons (Fsp3) is 0.125. The van der Waals surface area contributed by atoms with Crippen molar-refractivity contribution in [2.45, 2.75) is 11.3 Å². The van der Waals surface area contributed by atoms with Crippen LogP contribution in [0.25, 0.3) is 0 Å². The molecule has 0 aromatic heterocycles. The zero-order valence-corrected chi connectivity index (χ0v) is 11.3. The molecule has 10 heteroatoms. The monoisotopic (exact) mass is 363 g/mol. The van der Waals surface area contributed by atoms with E-state index in [1.807, 2.05) is 0 Å². The highest BCUT2D eigenvalue weighted by Gasteiger charge is 2.33. The van der Waals surface area contributed by atoms with Crippen molar-refractivity contribution in [3.63, 3.8) is 0 Å². The Labute approximate surface area is 112 Å². The number of nitriles is 1. The lowest BCUT2D eigenvalue weighted by atomic mass is 10.2. The third kappa shape index (κ3) is 3.76. The molecule has 0 atom stereocenters. The van der Waals surface area contributed by atoms with Crippen molar-refractivity contribution in [2.24, 2.45) is 0 Å². The van der Waals surface area contributed by atoms with Crippen LogP contribution in [0.3, 0.4) is 0 Å². The van der Waals surface area contributed by atoms with Gasteiger partial charge < -0.3 is 4.74 Å². The fourth-order valence-electron chi connectivity index (χ4n) is 1.03. The Hall–Kier alpha value is -0.980. The molecule has 1 aromatic carbocycles. The van der Waals surface area contributed by atoms with Crippen LogP contribution >= 0.6 is 26.6 Å². The van der Waals surface area contributed by atoms with Crippen LogP contribution < -0.4 is 4.74 Å². The molecule has 0 unspecified atom stereocenters. The summed E-state index contributed by atoms with van der Waals surface area (Å²) in [5, 5.41) is 8.67. The number of rotatable bonds is 2. The lowest BCUT2D eigenvalue weighted by Crippen LogP contribution is -2.17. The molecule has 1 aromatic rings. The quantitative estimate of drug-likeness (QED) is 0.756. The van der Waals surface area contributed by atoms with Gasteiger partial charge in [0.15, 0.2) is 0 Å². The van der Waals surface area contributed by atoms with E-state index in [4.69, 9.17) is 15.9 Å². The standard InChI is InChI=1S/C8H2BrClF3NO3S/c9-5-2-7(18(10,15)16)4(3-14)1-6(5)17-8(11,12)13/h1-2H. The van der Waals surface area contributed by atoms with Gasteiger partial charge in [0.2, 0.25) is 0 Å². The van der Waals surface area contributed by atoms with Crippen molar-refractivity contribution < 1.29 is 26.3 Å². The predicted octanol–water partition coefficient (Wildman–Crippen LogP) is 3.15. The summed E-state index contributed by atoms with van der Waals surface area (Å²) in [6.45, 7) is 0. The lowest BCUT2D eigenvalue weighted by molar-refractivity contribution is -0.274. The molecular formula is C8H2BrClF3NO3S. The summed E-state index contributed by atoms with van der Waals surface area (Å²) in [7, 11) is 0.792. The second-order valence-corrected chi connectivity index (χ2v) is 6.26. The van der Waals surface area contributed by atoms with Crippen LogP contribution in [0.15, 0.2) is 21.5 Å². The molecule has 0 bridgehead atoms. The molecule has 0 saturated heterocycles. The van der Waals surface area contributed by atoms with E-state index in [0.29, 0.717) is 6.07 Å². The molecule has 0 heterocycles. The predicted molar refractivity (Wildman–Crippen MR) is 58.6 cm³/mol. The number of hydrogen-bond acceptors (Lipinski definition) is 4. The topological polar surface area (TPSA) is 67.2 Å². The van der Waals surface area contributed by atoms with Crippen LogP contribution in [0.4, 0.5) is 13.2 Å². The summed E-state index contributed by atoms with van der Waals surface area (Å²) >= 11 is 2.70. The molecule has 0 aliphatic rings. The second-order valence-electron chi connectivity index (χ2n) is 2.88. The van der Waals surface area contributed by atoms with Crippen molar-refractivity contribution in [2.75, 3.05) is 0 Å². The van der Waals surface area contributed by atoms with E-state index in [-0.39, 0.29) is 4.47 Å². The molecule has 0 fully saturated rings. The third-order valence-corrected chi connectivity index (χ3v) is 3.62. The maximum atomic E-state index is 12.0. The van der Waals surface area contributed by atoms with E-state index in [1.165, 1.54) is 6.07 Å². The molecule has 0 N–H and O–H groups in total. The Kier molecular flexibility index (Phi) is 4.15. The summed E-state index contributed by atoms with van der Waals surface area (Å²) < 4.78 is 61.6. The van der Waals surface area contributed by atoms with Crippen LogP contribution in [-0.4, -0.2) is 14.8 Å². The smallest absolute Gasteiger partial charge is 0.405 e. The number of ether oxygens (including phenoxy) is 1. The van der Waals surface area contributed by atoms with Gasteiger partial charge in [0.1, 0.15) is 16.7 Å². The van der Waals surface area contributed by atoms with Gasteiger partial charge in [-0.2, -0.15) is 5.26 Å². The summed E-state index contributed by atoms with van der Waals surface area (Å²) in [6, 6.07) is 2.82. The van der Waals surface area contributed by atoms with Crippen molar-refractivity contribution in [1.29, 1.82) is 5.26 Å². The molecule has 98 valence electrons. The van der Waals surface area contributed by atoms with E-state index in [0.717, 1.165) is 6.07 Å². The molecule has 0 saturated carbocycles. The summed E-state index contributed by atoms with van der Waals surface area (Å²) in [4.78, 5) is -0.604. The Morgan fingerprint density at radius 3 is 2.33 bits per heavy atom. The Morgan fingerprint density at radius 2 is 1.94 bits per heavy atom. The molecule has 0 spiro atoms. The minimum absolute atomic E-state index is 0.293. The Balaban J connectivity index is 3.43. The van der Waals surface area contributed by atoms with E-state index >= 15 is 0 Å².